The highest BCUT2D eigenvalue weighted by molar-refractivity contribution is 5.86. The van der Waals surface area contributed by atoms with Crippen LogP contribution in [0.4, 0.5) is 0 Å². The van der Waals surface area contributed by atoms with Crippen LogP contribution in [0, 0.1) is 0 Å². The van der Waals surface area contributed by atoms with Crippen molar-refractivity contribution in [2.75, 3.05) is 7.11 Å². The van der Waals surface area contributed by atoms with Crippen molar-refractivity contribution < 1.29 is 19.1 Å². The molecular weight excluding hydrogens is 196 g/mol. The maximum Gasteiger partial charge on any atom is 0.373 e. The lowest BCUT2D eigenvalue weighted by atomic mass is 10.00. The first kappa shape index (κ1) is 10.2. The second-order valence-corrected chi connectivity index (χ2v) is 3.89. The van der Waals surface area contributed by atoms with Crippen LogP contribution >= 0.6 is 0 Å². The first-order chi connectivity index (χ1) is 7.15. The Morgan fingerprint density at radius 3 is 2.73 bits per heavy atom. The third-order valence-electron chi connectivity index (χ3n) is 2.88. The molecule has 1 saturated carbocycles. The quantitative estimate of drug-likeness (QED) is 0.756. The van der Waals surface area contributed by atoms with Crippen LogP contribution in [0.3, 0.4) is 0 Å². The minimum Gasteiger partial charge on any atom is -0.463 e. The highest BCUT2D eigenvalue weighted by atomic mass is 16.5. The van der Waals surface area contributed by atoms with Gasteiger partial charge in [0.2, 0.25) is 5.76 Å². The summed E-state index contributed by atoms with van der Waals surface area (Å²) in [5, 5.41) is 10.2. The zero-order valence-corrected chi connectivity index (χ0v) is 8.66. The summed E-state index contributed by atoms with van der Waals surface area (Å²) in [5.74, 6) is 0.107. The minimum atomic E-state index is -0.883. The summed E-state index contributed by atoms with van der Waals surface area (Å²) in [6.45, 7) is 0. The van der Waals surface area contributed by atoms with Gasteiger partial charge in [0.25, 0.3) is 0 Å². The summed E-state index contributed by atoms with van der Waals surface area (Å²) in [4.78, 5) is 11.1. The van der Waals surface area contributed by atoms with Gasteiger partial charge in [0.1, 0.15) is 11.4 Å². The summed E-state index contributed by atoms with van der Waals surface area (Å²) in [6.07, 6.45) is 3.37. The number of ether oxygens (including phenoxy) is 1. The van der Waals surface area contributed by atoms with E-state index in [2.05, 4.69) is 4.74 Å². The molecule has 0 saturated heterocycles. The number of methoxy groups -OCH3 is 1. The zero-order valence-electron chi connectivity index (χ0n) is 8.66. The summed E-state index contributed by atoms with van der Waals surface area (Å²) < 4.78 is 9.83. The zero-order chi connectivity index (χ0) is 10.9. The van der Waals surface area contributed by atoms with E-state index in [4.69, 9.17) is 4.42 Å². The molecule has 1 heterocycles. The predicted octanol–water partition coefficient (Wildman–Crippen LogP) is 1.83. The minimum absolute atomic E-state index is 0.146. The fraction of sp³-hybridized carbons (Fsp3) is 0.545. The average Bonchev–Trinajstić information content (AvgIpc) is 2.85. The molecule has 1 N–H and O–H groups in total. The van der Waals surface area contributed by atoms with Crippen molar-refractivity contribution in [3.05, 3.63) is 23.7 Å². The SMILES string of the molecule is COC(=O)c1ccc(C2(O)CCCC2)o1. The van der Waals surface area contributed by atoms with Gasteiger partial charge in [-0.3, -0.25) is 0 Å². The van der Waals surface area contributed by atoms with Crippen molar-refractivity contribution >= 4 is 5.97 Å². The van der Waals surface area contributed by atoms with Gasteiger partial charge in [-0.25, -0.2) is 4.79 Å². The molecule has 0 radical (unpaired) electrons. The van der Waals surface area contributed by atoms with Crippen LogP contribution < -0.4 is 0 Å². The Kier molecular flexibility index (Phi) is 2.52. The Morgan fingerprint density at radius 2 is 2.13 bits per heavy atom. The molecular formula is C11H14O4. The van der Waals surface area contributed by atoms with Gasteiger partial charge in [-0.2, -0.15) is 0 Å². The van der Waals surface area contributed by atoms with Gasteiger partial charge in [-0.05, 0) is 37.8 Å². The van der Waals surface area contributed by atoms with Gasteiger partial charge in [-0.1, -0.05) is 0 Å². The van der Waals surface area contributed by atoms with Crippen molar-refractivity contribution in [2.45, 2.75) is 31.3 Å². The van der Waals surface area contributed by atoms with Gasteiger partial charge < -0.3 is 14.3 Å². The number of hydrogen-bond acceptors (Lipinski definition) is 4. The van der Waals surface area contributed by atoms with E-state index in [0.29, 0.717) is 18.6 Å². The van der Waals surface area contributed by atoms with E-state index in [0.717, 1.165) is 12.8 Å². The van der Waals surface area contributed by atoms with E-state index in [1.54, 1.807) is 6.07 Å². The van der Waals surface area contributed by atoms with E-state index in [-0.39, 0.29) is 5.76 Å². The second-order valence-electron chi connectivity index (χ2n) is 3.89. The summed E-state index contributed by atoms with van der Waals surface area (Å²) in [5.41, 5.74) is -0.883. The van der Waals surface area contributed by atoms with Crippen molar-refractivity contribution in [2.24, 2.45) is 0 Å². The maximum absolute atomic E-state index is 11.1. The molecule has 0 aromatic carbocycles. The summed E-state index contributed by atoms with van der Waals surface area (Å²) in [6, 6.07) is 3.19. The number of hydrogen-bond donors (Lipinski definition) is 1. The van der Waals surface area contributed by atoms with Crippen molar-refractivity contribution in [1.29, 1.82) is 0 Å². The molecule has 1 aromatic rings. The molecule has 1 fully saturated rings. The fourth-order valence-electron chi connectivity index (χ4n) is 2.00. The van der Waals surface area contributed by atoms with Crippen LogP contribution in [0.1, 0.15) is 42.0 Å². The normalized spacial score (nSPS) is 19.1. The topological polar surface area (TPSA) is 59.7 Å². The van der Waals surface area contributed by atoms with Crippen LogP contribution in [-0.4, -0.2) is 18.2 Å². The molecule has 0 unspecified atom stereocenters. The first-order valence-electron chi connectivity index (χ1n) is 5.07. The number of carbonyl (C=O) groups is 1. The van der Waals surface area contributed by atoms with E-state index in [1.165, 1.54) is 13.2 Å². The van der Waals surface area contributed by atoms with E-state index >= 15 is 0 Å². The number of esters is 1. The number of aliphatic hydroxyl groups is 1. The molecule has 0 amide bonds. The molecule has 1 aliphatic carbocycles. The highest BCUT2D eigenvalue weighted by Crippen LogP contribution is 2.39. The third-order valence-corrected chi connectivity index (χ3v) is 2.88. The molecule has 4 heteroatoms. The fourth-order valence-corrected chi connectivity index (χ4v) is 2.00. The first-order valence-corrected chi connectivity index (χ1v) is 5.07. The van der Waals surface area contributed by atoms with Crippen LogP contribution in [0.2, 0.25) is 0 Å². The average molecular weight is 210 g/mol. The van der Waals surface area contributed by atoms with E-state index < -0.39 is 11.6 Å². The van der Waals surface area contributed by atoms with Crippen LogP contribution in [0.5, 0.6) is 0 Å². The lowest BCUT2D eigenvalue weighted by molar-refractivity contribution is 0.0194. The molecule has 82 valence electrons. The third kappa shape index (κ3) is 1.77. The molecule has 1 aromatic heterocycles. The molecule has 1 aliphatic rings. The Hall–Kier alpha value is -1.29. The molecule has 15 heavy (non-hydrogen) atoms. The van der Waals surface area contributed by atoms with Gasteiger partial charge in [0.05, 0.1) is 7.11 Å². The van der Waals surface area contributed by atoms with Crippen molar-refractivity contribution in [3.63, 3.8) is 0 Å². The molecule has 4 nitrogen and oxygen atoms in total. The predicted molar refractivity (Wildman–Crippen MR) is 52.4 cm³/mol. The van der Waals surface area contributed by atoms with Gasteiger partial charge in [0, 0.05) is 0 Å². The second kappa shape index (κ2) is 3.70. The van der Waals surface area contributed by atoms with Gasteiger partial charge >= 0.3 is 5.97 Å². The van der Waals surface area contributed by atoms with Crippen LogP contribution in [0.25, 0.3) is 0 Å². The molecule has 0 aliphatic heterocycles. The number of rotatable bonds is 2. The lowest BCUT2D eigenvalue weighted by Crippen LogP contribution is -2.19. The Balaban J connectivity index is 2.23. The van der Waals surface area contributed by atoms with Crippen molar-refractivity contribution in [1.82, 2.24) is 0 Å². The number of carbonyl (C=O) groups excluding carboxylic acids is 1. The Labute approximate surface area is 87.8 Å². The van der Waals surface area contributed by atoms with E-state index in [1.807, 2.05) is 0 Å². The van der Waals surface area contributed by atoms with Gasteiger partial charge in [0.15, 0.2) is 0 Å². The number of furan rings is 1. The Morgan fingerprint density at radius 1 is 1.47 bits per heavy atom. The standard InChI is InChI=1S/C11H14O4/c1-14-10(12)8-4-5-9(15-8)11(13)6-2-3-7-11/h4-5,13H,2-3,6-7H2,1H3. The monoisotopic (exact) mass is 210 g/mol. The van der Waals surface area contributed by atoms with Crippen molar-refractivity contribution in [3.8, 4) is 0 Å². The van der Waals surface area contributed by atoms with E-state index in [9.17, 15) is 9.90 Å². The molecule has 2 rings (SSSR count). The maximum atomic E-state index is 11.1. The van der Waals surface area contributed by atoms with Gasteiger partial charge in [-0.15, -0.1) is 0 Å². The van der Waals surface area contributed by atoms with Crippen LogP contribution in [-0.2, 0) is 10.3 Å². The smallest absolute Gasteiger partial charge is 0.373 e. The molecule has 0 spiro atoms. The summed E-state index contributed by atoms with van der Waals surface area (Å²) >= 11 is 0. The highest BCUT2D eigenvalue weighted by Gasteiger charge is 2.36. The largest absolute Gasteiger partial charge is 0.463 e. The molecule has 0 atom stereocenters. The summed E-state index contributed by atoms with van der Waals surface area (Å²) in [7, 11) is 1.30. The van der Waals surface area contributed by atoms with Crippen LogP contribution in [0.15, 0.2) is 16.5 Å². The Bertz CT molecular complexity index is 360. The molecule has 0 bridgehead atoms. The lowest BCUT2D eigenvalue weighted by Gasteiger charge is -2.18.